The summed E-state index contributed by atoms with van der Waals surface area (Å²) in [5.74, 6) is 0.864. The molecule has 0 aliphatic carbocycles. The van der Waals surface area contributed by atoms with E-state index in [-0.39, 0.29) is 12.4 Å². The van der Waals surface area contributed by atoms with Gasteiger partial charge in [0.15, 0.2) is 5.76 Å². The Morgan fingerprint density at radius 1 is 0.730 bits per heavy atom. The molecule has 0 atom stereocenters. The molecule has 5 aromatic rings. The standard InChI is InChI=1S/C28H22N4O5/c1-18-7-9-20(10-8-18)27-31-32-28(37-27)21-13-11-19(12-14-21)25(33)29-30-26(34)24-16-15-23(36-24)17-35-22-5-3-2-4-6-22/h2-16H,17H2,1H3,(H,29,33)(H,30,34). The summed E-state index contributed by atoms with van der Waals surface area (Å²) in [6.45, 7) is 2.17. The fourth-order valence-electron chi connectivity index (χ4n) is 3.41. The highest BCUT2D eigenvalue weighted by Crippen LogP contribution is 2.24. The van der Waals surface area contributed by atoms with Crippen LogP contribution in [0.5, 0.6) is 5.75 Å². The summed E-state index contributed by atoms with van der Waals surface area (Å²) < 4.78 is 16.9. The number of furan rings is 1. The molecule has 0 spiro atoms. The van der Waals surface area contributed by atoms with Gasteiger partial charge in [0.05, 0.1) is 0 Å². The summed E-state index contributed by atoms with van der Waals surface area (Å²) in [5, 5.41) is 8.19. The van der Waals surface area contributed by atoms with Crippen molar-refractivity contribution < 1.29 is 23.2 Å². The second-order valence-corrected chi connectivity index (χ2v) is 8.13. The average Bonchev–Trinajstić information content (AvgIpc) is 3.62. The van der Waals surface area contributed by atoms with Crippen molar-refractivity contribution in [2.75, 3.05) is 0 Å². The zero-order valence-electron chi connectivity index (χ0n) is 19.8. The molecule has 0 fully saturated rings. The zero-order valence-corrected chi connectivity index (χ0v) is 19.8. The monoisotopic (exact) mass is 494 g/mol. The first-order valence-corrected chi connectivity index (χ1v) is 11.4. The highest BCUT2D eigenvalue weighted by molar-refractivity contribution is 5.98. The second-order valence-electron chi connectivity index (χ2n) is 8.13. The Kier molecular flexibility index (Phi) is 6.76. The van der Waals surface area contributed by atoms with Crippen LogP contribution in [-0.2, 0) is 6.61 Å². The summed E-state index contributed by atoms with van der Waals surface area (Å²) in [4.78, 5) is 24.8. The third-order valence-corrected chi connectivity index (χ3v) is 5.42. The van der Waals surface area contributed by atoms with Crippen molar-refractivity contribution in [2.45, 2.75) is 13.5 Å². The lowest BCUT2D eigenvalue weighted by atomic mass is 10.1. The number of aromatic nitrogens is 2. The summed E-state index contributed by atoms with van der Waals surface area (Å²) in [7, 11) is 0. The van der Waals surface area contributed by atoms with Gasteiger partial charge in [-0.15, -0.1) is 10.2 Å². The third-order valence-electron chi connectivity index (χ3n) is 5.42. The number of hydrogen-bond acceptors (Lipinski definition) is 7. The van der Waals surface area contributed by atoms with Crippen LogP contribution in [0.25, 0.3) is 22.9 Å². The molecule has 0 bridgehead atoms. The van der Waals surface area contributed by atoms with Gasteiger partial charge in [0.1, 0.15) is 18.1 Å². The Morgan fingerprint density at radius 3 is 2.03 bits per heavy atom. The van der Waals surface area contributed by atoms with Crippen molar-refractivity contribution in [1.82, 2.24) is 21.0 Å². The van der Waals surface area contributed by atoms with E-state index in [0.717, 1.165) is 11.1 Å². The SMILES string of the molecule is Cc1ccc(-c2nnc(-c3ccc(C(=O)NNC(=O)c4ccc(COc5ccccc5)o4)cc3)o2)cc1. The van der Waals surface area contributed by atoms with E-state index in [1.165, 1.54) is 6.07 Å². The van der Waals surface area contributed by atoms with E-state index in [2.05, 4.69) is 21.0 Å². The van der Waals surface area contributed by atoms with Crippen molar-refractivity contribution in [1.29, 1.82) is 0 Å². The summed E-state index contributed by atoms with van der Waals surface area (Å²) in [6, 6.07) is 26.7. The van der Waals surface area contributed by atoms with Gasteiger partial charge in [-0.25, -0.2) is 0 Å². The third kappa shape index (κ3) is 5.73. The first-order valence-electron chi connectivity index (χ1n) is 11.4. The quantitative estimate of drug-likeness (QED) is 0.307. The van der Waals surface area contributed by atoms with Crippen LogP contribution in [0, 0.1) is 6.92 Å². The lowest BCUT2D eigenvalue weighted by molar-refractivity contribution is 0.0828. The van der Waals surface area contributed by atoms with Crippen LogP contribution in [-0.4, -0.2) is 22.0 Å². The van der Waals surface area contributed by atoms with Crippen LogP contribution >= 0.6 is 0 Å². The van der Waals surface area contributed by atoms with Gasteiger partial charge in [0.2, 0.25) is 11.8 Å². The molecule has 0 saturated heterocycles. The van der Waals surface area contributed by atoms with Crippen LogP contribution < -0.4 is 15.6 Å². The largest absolute Gasteiger partial charge is 0.486 e. The molecule has 0 unspecified atom stereocenters. The molecule has 5 rings (SSSR count). The number of benzene rings is 3. The molecule has 0 aliphatic rings. The fourth-order valence-corrected chi connectivity index (χ4v) is 3.41. The van der Waals surface area contributed by atoms with Crippen LogP contribution in [0.4, 0.5) is 0 Å². The van der Waals surface area contributed by atoms with Gasteiger partial charge in [-0.1, -0.05) is 35.9 Å². The average molecular weight is 495 g/mol. The molecule has 9 heteroatoms. The highest BCUT2D eigenvalue weighted by atomic mass is 16.5. The van der Waals surface area contributed by atoms with E-state index in [0.29, 0.717) is 34.4 Å². The van der Waals surface area contributed by atoms with Crippen molar-refractivity contribution in [3.63, 3.8) is 0 Å². The molecule has 2 amide bonds. The summed E-state index contributed by atoms with van der Waals surface area (Å²) in [5.41, 5.74) is 7.66. The molecular weight excluding hydrogens is 472 g/mol. The maximum absolute atomic E-state index is 12.5. The zero-order chi connectivity index (χ0) is 25.6. The maximum atomic E-state index is 12.5. The van der Waals surface area contributed by atoms with Gasteiger partial charge < -0.3 is 13.6 Å². The Morgan fingerprint density at radius 2 is 1.35 bits per heavy atom. The molecule has 2 aromatic heterocycles. The number of nitrogens with one attached hydrogen (secondary N) is 2. The number of carbonyl (C=O) groups is 2. The number of nitrogens with zero attached hydrogens (tertiary/aromatic N) is 2. The Bertz CT molecular complexity index is 1510. The molecule has 0 saturated carbocycles. The van der Waals surface area contributed by atoms with Gasteiger partial charge in [-0.05, 0) is 67.6 Å². The van der Waals surface area contributed by atoms with Crippen LogP contribution in [0.2, 0.25) is 0 Å². The topological polar surface area (TPSA) is 119 Å². The minimum Gasteiger partial charge on any atom is -0.486 e. The lowest BCUT2D eigenvalue weighted by Crippen LogP contribution is -2.41. The molecule has 3 aromatic carbocycles. The predicted molar refractivity (Wildman–Crippen MR) is 134 cm³/mol. The molecule has 2 N–H and O–H groups in total. The molecule has 184 valence electrons. The molecule has 0 aliphatic heterocycles. The number of ether oxygens (including phenoxy) is 1. The summed E-state index contributed by atoms with van der Waals surface area (Å²) in [6.07, 6.45) is 0. The van der Waals surface area contributed by atoms with Crippen molar-refractivity contribution in [3.05, 3.63) is 114 Å². The van der Waals surface area contributed by atoms with Crippen LogP contribution in [0.15, 0.2) is 99.8 Å². The van der Waals surface area contributed by atoms with Gasteiger partial charge in [0.25, 0.3) is 5.91 Å². The number of amides is 2. The van der Waals surface area contributed by atoms with Gasteiger partial charge in [-0.2, -0.15) is 0 Å². The number of aryl methyl sites for hydroxylation is 1. The van der Waals surface area contributed by atoms with Crippen LogP contribution in [0.1, 0.15) is 32.2 Å². The second kappa shape index (κ2) is 10.6. The van der Waals surface area contributed by atoms with Crippen molar-refractivity contribution in [3.8, 4) is 28.7 Å². The minimum absolute atomic E-state index is 0.0445. The molecular formula is C28H22N4O5. The number of hydrazine groups is 1. The first-order chi connectivity index (χ1) is 18.0. The molecule has 9 nitrogen and oxygen atoms in total. The smallest absolute Gasteiger partial charge is 0.305 e. The van der Waals surface area contributed by atoms with Gasteiger partial charge >= 0.3 is 5.91 Å². The molecule has 0 radical (unpaired) electrons. The Labute approximate surface area is 212 Å². The van der Waals surface area contributed by atoms with E-state index < -0.39 is 11.8 Å². The van der Waals surface area contributed by atoms with E-state index in [4.69, 9.17) is 13.6 Å². The lowest BCUT2D eigenvalue weighted by Gasteiger charge is -2.06. The predicted octanol–water partition coefficient (Wildman–Crippen LogP) is 4.96. The fraction of sp³-hybridized carbons (Fsp3) is 0.0714. The first kappa shape index (κ1) is 23.6. The maximum Gasteiger partial charge on any atom is 0.305 e. The van der Waals surface area contributed by atoms with Crippen molar-refractivity contribution in [2.24, 2.45) is 0 Å². The normalized spacial score (nSPS) is 10.6. The Balaban J connectivity index is 1.14. The molecule has 2 heterocycles. The number of rotatable bonds is 7. The van der Waals surface area contributed by atoms with E-state index in [1.807, 2.05) is 61.5 Å². The highest BCUT2D eigenvalue weighted by Gasteiger charge is 2.15. The van der Waals surface area contributed by atoms with Gasteiger partial charge in [0, 0.05) is 16.7 Å². The van der Waals surface area contributed by atoms with E-state index in [9.17, 15) is 9.59 Å². The van der Waals surface area contributed by atoms with Crippen LogP contribution in [0.3, 0.4) is 0 Å². The number of para-hydroxylation sites is 1. The summed E-state index contributed by atoms with van der Waals surface area (Å²) >= 11 is 0. The number of carbonyl (C=O) groups excluding carboxylic acids is 2. The van der Waals surface area contributed by atoms with Crippen molar-refractivity contribution >= 4 is 11.8 Å². The molecule has 37 heavy (non-hydrogen) atoms. The van der Waals surface area contributed by atoms with Gasteiger partial charge in [-0.3, -0.25) is 20.4 Å². The van der Waals surface area contributed by atoms with E-state index >= 15 is 0 Å². The van der Waals surface area contributed by atoms with E-state index in [1.54, 1.807) is 30.3 Å². The Hall–Kier alpha value is -5.18. The number of hydrogen-bond donors (Lipinski definition) is 2. The minimum atomic E-state index is -0.592.